The first kappa shape index (κ1) is 12.7. The molecule has 0 aliphatic heterocycles. The summed E-state index contributed by atoms with van der Waals surface area (Å²) >= 11 is 0. The van der Waals surface area contributed by atoms with E-state index in [4.69, 9.17) is 9.76 Å². The predicted octanol–water partition coefficient (Wildman–Crippen LogP) is 2.11. The van der Waals surface area contributed by atoms with Crippen LogP contribution in [0.3, 0.4) is 0 Å². The van der Waals surface area contributed by atoms with Crippen molar-refractivity contribution in [2.24, 2.45) is 0 Å². The average molecular weight is 240 g/mol. The normalized spacial score (nSPS) is 10.4. The highest BCUT2D eigenvalue weighted by Gasteiger charge is 2.01. The molecule has 0 saturated carbocycles. The maximum atomic E-state index is 9.00. The fraction of sp³-hybridized carbons (Fsp3) is 0.200. The lowest BCUT2D eigenvalue weighted by molar-refractivity contribution is 0.242. The van der Waals surface area contributed by atoms with Gasteiger partial charge in [-0.3, -0.25) is 0 Å². The maximum absolute atomic E-state index is 9.00. The molecule has 2 nitrogen and oxygen atoms in total. The van der Waals surface area contributed by atoms with Crippen molar-refractivity contribution in [3.63, 3.8) is 0 Å². The van der Waals surface area contributed by atoms with E-state index in [0.29, 0.717) is 0 Å². The highest BCUT2D eigenvalue weighted by Crippen LogP contribution is 2.22. The average Bonchev–Trinajstić information content (AvgIpc) is 2.39. The summed E-state index contributed by atoms with van der Waals surface area (Å²) in [7, 11) is 0.0848. The van der Waals surface area contributed by atoms with E-state index >= 15 is 0 Å². The number of hydrogen-bond acceptors (Lipinski definition) is 2. The molecule has 2 aromatic carbocycles. The summed E-state index contributed by atoms with van der Waals surface area (Å²) in [4.78, 5) is 0. The molecule has 0 heterocycles. The van der Waals surface area contributed by atoms with E-state index in [0.717, 1.165) is 22.3 Å². The molecular weight excluding hydrogens is 223 g/mol. The molecule has 0 aromatic heterocycles. The first-order chi connectivity index (χ1) is 8.69. The molecule has 0 fully saturated rings. The van der Waals surface area contributed by atoms with E-state index in [-0.39, 0.29) is 13.6 Å². The van der Waals surface area contributed by atoms with Crippen LogP contribution in [0.15, 0.2) is 48.5 Å². The highest BCUT2D eigenvalue weighted by molar-refractivity contribution is 6.45. The third-order valence-electron chi connectivity index (χ3n) is 2.70. The van der Waals surface area contributed by atoms with Gasteiger partial charge in [0, 0.05) is 0 Å². The molecule has 1 N–H and O–H groups in total. The van der Waals surface area contributed by atoms with Crippen LogP contribution in [0.1, 0.15) is 13.8 Å². The van der Waals surface area contributed by atoms with Crippen LogP contribution in [-0.2, 0) is 0 Å². The van der Waals surface area contributed by atoms with Gasteiger partial charge >= 0.3 is 7.48 Å². The number of rotatable bonds is 4. The van der Waals surface area contributed by atoms with Gasteiger partial charge in [-0.25, -0.2) is 0 Å². The third-order valence-corrected chi connectivity index (χ3v) is 2.70. The smallest absolute Gasteiger partial charge is 0.304 e. The first-order valence-corrected chi connectivity index (χ1v) is 6.16. The lowest BCUT2D eigenvalue weighted by Crippen LogP contribution is -2.11. The first-order valence-electron chi connectivity index (χ1n) is 6.16. The van der Waals surface area contributed by atoms with Crippen molar-refractivity contribution in [2.45, 2.75) is 20.0 Å². The molecule has 0 aliphatic carbocycles. The zero-order valence-electron chi connectivity index (χ0n) is 10.8. The van der Waals surface area contributed by atoms with Gasteiger partial charge in [0.25, 0.3) is 0 Å². The minimum absolute atomic E-state index is 0.0848. The fourth-order valence-electron chi connectivity index (χ4n) is 1.80. The van der Waals surface area contributed by atoms with Crippen LogP contribution in [-0.4, -0.2) is 18.6 Å². The Hall–Kier alpha value is -1.74. The lowest BCUT2D eigenvalue weighted by atomic mass is 9.87. The molecule has 18 heavy (non-hydrogen) atoms. The topological polar surface area (TPSA) is 29.5 Å². The summed E-state index contributed by atoms with van der Waals surface area (Å²) in [6.07, 6.45) is 0.194. The second kappa shape index (κ2) is 5.74. The largest absolute Gasteiger partial charge is 0.491 e. The van der Waals surface area contributed by atoms with Crippen molar-refractivity contribution >= 4 is 12.9 Å². The molecule has 92 valence electrons. The number of benzene rings is 2. The molecule has 0 bridgehead atoms. The molecule has 0 unspecified atom stereocenters. The molecule has 0 atom stereocenters. The summed E-state index contributed by atoms with van der Waals surface area (Å²) in [6.45, 7) is 4.03. The van der Waals surface area contributed by atoms with Gasteiger partial charge < -0.3 is 9.76 Å². The van der Waals surface area contributed by atoms with Crippen LogP contribution >= 0.6 is 0 Å². The fourth-order valence-corrected chi connectivity index (χ4v) is 1.80. The predicted molar refractivity (Wildman–Crippen MR) is 76.6 cm³/mol. The Balaban J connectivity index is 2.17. The molecule has 2 rings (SSSR count). The zero-order valence-corrected chi connectivity index (χ0v) is 10.8. The van der Waals surface area contributed by atoms with Crippen LogP contribution in [0, 0.1) is 0 Å². The summed E-state index contributed by atoms with van der Waals surface area (Å²) < 4.78 is 5.61. The van der Waals surface area contributed by atoms with Gasteiger partial charge in [-0.1, -0.05) is 41.9 Å². The quantitative estimate of drug-likeness (QED) is 0.829. The van der Waals surface area contributed by atoms with Crippen molar-refractivity contribution in [3.05, 3.63) is 48.5 Å². The summed E-state index contributed by atoms with van der Waals surface area (Å²) in [5, 5.41) is 9.00. The van der Waals surface area contributed by atoms with Gasteiger partial charge in [0.05, 0.1) is 6.10 Å². The van der Waals surface area contributed by atoms with Crippen LogP contribution in [0.2, 0.25) is 0 Å². The Labute approximate surface area is 109 Å². The van der Waals surface area contributed by atoms with Crippen LogP contribution in [0.25, 0.3) is 11.1 Å². The maximum Gasteiger partial charge on any atom is 0.304 e. The van der Waals surface area contributed by atoms with Crippen LogP contribution in [0.5, 0.6) is 5.75 Å². The molecule has 3 heteroatoms. The molecule has 2 aromatic rings. The molecule has 0 radical (unpaired) electrons. The van der Waals surface area contributed by atoms with Gasteiger partial charge in [0.2, 0.25) is 0 Å². The molecular formula is C15H17BO2. The van der Waals surface area contributed by atoms with Gasteiger partial charge in [0.1, 0.15) is 5.75 Å². The van der Waals surface area contributed by atoms with Gasteiger partial charge in [-0.15, -0.1) is 0 Å². The third kappa shape index (κ3) is 3.14. The Morgan fingerprint density at radius 3 is 1.83 bits per heavy atom. The minimum Gasteiger partial charge on any atom is -0.491 e. The lowest BCUT2D eigenvalue weighted by Gasteiger charge is -2.10. The summed E-state index contributed by atoms with van der Waals surface area (Å²) in [5.74, 6) is 0.890. The van der Waals surface area contributed by atoms with Crippen molar-refractivity contribution in [2.75, 3.05) is 0 Å². The van der Waals surface area contributed by atoms with E-state index in [1.807, 2.05) is 62.4 Å². The Morgan fingerprint density at radius 1 is 0.889 bits per heavy atom. The number of hydrogen-bond donors (Lipinski definition) is 1. The molecule has 0 saturated heterocycles. The van der Waals surface area contributed by atoms with Gasteiger partial charge in [0.15, 0.2) is 0 Å². The van der Waals surface area contributed by atoms with E-state index < -0.39 is 0 Å². The molecule has 0 aliphatic rings. The molecule has 0 spiro atoms. The zero-order chi connectivity index (χ0) is 13.0. The summed E-state index contributed by atoms with van der Waals surface area (Å²) in [6, 6.07) is 16.0. The Bertz CT molecular complexity index is 489. The standard InChI is InChI=1S/C15H17BO2/c1-11(2)18-15-9-5-13(6-10-15)12-3-7-14(16-17)8-4-12/h3-11,16-17H,1-2H3. The van der Waals surface area contributed by atoms with E-state index in [1.54, 1.807) is 0 Å². The summed E-state index contributed by atoms with van der Waals surface area (Å²) in [5.41, 5.74) is 3.22. The van der Waals surface area contributed by atoms with Crippen LogP contribution in [0.4, 0.5) is 0 Å². The minimum atomic E-state index is 0.0848. The monoisotopic (exact) mass is 240 g/mol. The highest BCUT2D eigenvalue weighted by atomic mass is 16.5. The van der Waals surface area contributed by atoms with E-state index in [1.165, 1.54) is 0 Å². The SMILES string of the molecule is CC(C)Oc1ccc(-c2ccc(BO)cc2)cc1. The second-order valence-electron chi connectivity index (χ2n) is 4.55. The second-order valence-corrected chi connectivity index (χ2v) is 4.55. The van der Waals surface area contributed by atoms with Crippen molar-refractivity contribution in [1.82, 2.24) is 0 Å². The Kier molecular flexibility index (Phi) is 4.05. The Morgan fingerprint density at radius 2 is 1.39 bits per heavy atom. The van der Waals surface area contributed by atoms with Gasteiger partial charge in [-0.2, -0.15) is 0 Å². The number of ether oxygens (including phenoxy) is 1. The van der Waals surface area contributed by atoms with E-state index in [9.17, 15) is 0 Å². The molecule has 0 amide bonds. The van der Waals surface area contributed by atoms with Gasteiger partial charge in [-0.05, 0) is 37.1 Å². The van der Waals surface area contributed by atoms with Crippen LogP contribution < -0.4 is 10.2 Å². The van der Waals surface area contributed by atoms with Crippen molar-refractivity contribution in [1.29, 1.82) is 0 Å². The van der Waals surface area contributed by atoms with Crippen molar-refractivity contribution < 1.29 is 9.76 Å². The van der Waals surface area contributed by atoms with E-state index in [2.05, 4.69) is 0 Å². The van der Waals surface area contributed by atoms with Crippen molar-refractivity contribution in [3.8, 4) is 16.9 Å².